The fraction of sp³-hybridized carbons (Fsp3) is 0.312. The Labute approximate surface area is 144 Å². The quantitative estimate of drug-likeness (QED) is 0.620. The van der Waals surface area contributed by atoms with Gasteiger partial charge in [-0.05, 0) is 19.1 Å². The molecule has 1 saturated heterocycles. The number of hydrogen-bond acceptors (Lipinski definition) is 6. The van der Waals surface area contributed by atoms with Gasteiger partial charge in [-0.15, -0.1) is 0 Å². The summed E-state index contributed by atoms with van der Waals surface area (Å²) in [5.74, 6) is -0.320. The molecule has 1 heterocycles. The van der Waals surface area contributed by atoms with E-state index in [2.05, 4.69) is 5.32 Å². The van der Waals surface area contributed by atoms with Gasteiger partial charge in [0.2, 0.25) is 11.8 Å². The van der Waals surface area contributed by atoms with E-state index in [4.69, 9.17) is 9.47 Å². The molecule has 0 aromatic heterocycles. The molecule has 0 aliphatic carbocycles. The van der Waals surface area contributed by atoms with E-state index in [1.165, 1.54) is 29.8 Å². The molecule has 8 heteroatoms. The van der Waals surface area contributed by atoms with E-state index in [0.29, 0.717) is 16.5 Å². The molecule has 128 valence electrons. The first-order valence-electron chi connectivity index (χ1n) is 7.29. The Morgan fingerprint density at radius 3 is 2.92 bits per heavy atom. The number of nitrogens with one attached hydrogen (secondary N) is 1. The molecule has 1 N–H and O–H groups in total. The summed E-state index contributed by atoms with van der Waals surface area (Å²) in [6, 6.07) is 6.90. The summed E-state index contributed by atoms with van der Waals surface area (Å²) in [6.45, 7) is 1.77. The summed E-state index contributed by atoms with van der Waals surface area (Å²) in [7, 11) is 1.54. The minimum Gasteiger partial charge on any atom is -0.497 e. The van der Waals surface area contributed by atoms with Crippen LogP contribution >= 0.6 is 11.8 Å². The molecule has 0 bridgehead atoms. The molecule has 2 amide bonds. The van der Waals surface area contributed by atoms with Crippen molar-refractivity contribution in [3.8, 4) is 5.75 Å². The fourth-order valence-corrected chi connectivity index (χ4v) is 2.96. The van der Waals surface area contributed by atoms with E-state index in [1.54, 1.807) is 31.2 Å². The van der Waals surface area contributed by atoms with Crippen LogP contribution in [0.3, 0.4) is 0 Å². The number of thioether (sulfide) groups is 1. The first-order chi connectivity index (χ1) is 11.5. The molecule has 0 saturated carbocycles. The summed E-state index contributed by atoms with van der Waals surface area (Å²) < 4.78 is 9.92. The molecule has 1 aliphatic heterocycles. The van der Waals surface area contributed by atoms with Gasteiger partial charge in [0.25, 0.3) is 0 Å². The van der Waals surface area contributed by atoms with Crippen molar-refractivity contribution in [1.82, 2.24) is 4.90 Å². The maximum absolute atomic E-state index is 12.2. The number of benzene rings is 1. The van der Waals surface area contributed by atoms with Crippen LogP contribution in [-0.2, 0) is 19.1 Å². The number of esters is 1. The fourth-order valence-electron chi connectivity index (χ4n) is 2.03. The van der Waals surface area contributed by atoms with Crippen LogP contribution in [0, 0.1) is 0 Å². The second-order valence-electron chi connectivity index (χ2n) is 4.78. The van der Waals surface area contributed by atoms with Crippen molar-refractivity contribution in [2.45, 2.75) is 6.92 Å². The predicted molar refractivity (Wildman–Crippen MR) is 90.5 cm³/mol. The molecule has 0 spiro atoms. The first kappa shape index (κ1) is 17.9. The average molecular weight is 350 g/mol. The Kier molecular flexibility index (Phi) is 6.25. The van der Waals surface area contributed by atoms with Gasteiger partial charge < -0.3 is 14.8 Å². The van der Waals surface area contributed by atoms with E-state index >= 15 is 0 Å². The molecule has 2 rings (SSSR count). The number of hydrogen-bond donors (Lipinski definition) is 1. The number of nitrogens with zero attached hydrogens (tertiary/aromatic N) is 1. The molecule has 1 aromatic carbocycles. The summed E-state index contributed by atoms with van der Waals surface area (Å²) in [5, 5.41) is 3.11. The van der Waals surface area contributed by atoms with Crippen LogP contribution in [0.15, 0.2) is 35.4 Å². The Bertz CT molecular complexity index is 674. The normalized spacial score (nSPS) is 15.5. The predicted octanol–water partition coefficient (Wildman–Crippen LogP) is 1.61. The Morgan fingerprint density at radius 1 is 1.42 bits per heavy atom. The average Bonchev–Trinajstić information content (AvgIpc) is 2.88. The van der Waals surface area contributed by atoms with Gasteiger partial charge in [-0.3, -0.25) is 14.5 Å². The molecule has 1 fully saturated rings. The van der Waals surface area contributed by atoms with Gasteiger partial charge in [-0.25, -0.2) is 4.79 Å². The lowest BCUT2D eigenvalue weighted by atomic mass is 10.3. The third-order valence-electron chi connectivity index (χ3n) is 3.09. The van der Waals surface area contributed by atoms with Crippen LogP contribution < -0.4 is 10.1 Å². The lowest BCUT2D eigenvalue weighted by Crippen LogP contribution is -2.34. The monoisotopic (exact) mass is 350 g/mol. The number of carbonyl (C=O) groups is 3. The first-order valence-corrected chi connectivity index (χ1v) is 8.27. The summed E-state index contributed by atoms with van der Waals surface area (Å²) >= 11 is 1.20. The highest BCUT2D eigenvalue weighted by atomic mass is 32.2. The van der Waals surface area contributed by atoms with Crippen molar-refractivity contribution in [3.63, 3.8) is 0 Å². The smallest absolute Gasteiger partial charge is 0.333 e. The zero-order valence-corrected chi connectivity index (χ0v) is 14.2. The van der Waals surface area contributed by atoms with E-state index < -0.39 is 5.97 Å². The molecule has 1 aliphatic rings. The number of methoxy groups -OCH3 is 1. The van der Waals surface area contributed by atoms with Gasteiger partial charge in [0.15, 0.2) is 0 Å². The van der Waals surface area contributed by atoms with E-state index in [9.17, 15) is 14.4 Å². The van der Waals surface area contributed by atoms with E-state index in [0.717, 1.165) is 0 Å². The third-order valence-corrected chi connectivity index (χ3v) is 4.12. The highest BCUT2D eigenvalue weighted by Gasteiger charge is 2.29. The molecule has 7 nitrogen and oxygen atoms in total. The van der Waals surface area contributed by atoms with Gasteiger partial charge in [0.1, 0.15) is 12.3 Å². The molecular formula is C16H18N2O5S. The van der Waals surface area contributed by atoms with Crippen molar-refractivity contribution >= 4 is 35.2 Å². The van der Waals surface area contributed by atoms with Crippen LogP contribution in [0.5, 0.6) is 5.75 Å². The van der Waals surface area contributed by atoms with Gasteiger partial charge >= 0.3 is 5.97 Å². The largest absolute Gasteiger partial charge is 0.497 e. The zero-order valence-electron chi connectivity index (χ0n) is 13.4. The van der Waals surface area contributed by atoms with Gasteiger partial charge in [0, 0.05) is 11.8 Å². The molecular weight excluding hydrogens is 332 g/mol. The molecule has 0 unspecified atom stereocenters. The Hall–Kier alpha value is -2.48. The summed E-state index contributed by atoms with van der Waals surface area (Å²) in [6.07, 6.45) is 1.23. The molecule has 0 atom stereocenters. The molecule has 1 aromatic rings. The minimum atomic E-state index is -0.534. The molecule has 0 radical (unpaired) electrons. The Balaban J connectivity index is 2.02. The summed E-state index contributed by atoms with van der Waals surface area (Å²) in [4.78, 5) is 36.9. The van der Waals surface area contributed by atoms with Gasteiger partial charge in [-0.2, -0.15) is 0 Å². The minimum absolute atomic E-state index is 0.172. The van der Waals surface area contributed by atoms with Crippen molar-refractivity contribution < 1.29 is 23.9 Å². The molecule has 24 heavy (non-hydrogen) atoms. The Morgan fingerprint density at radius 2 is 2.21 bits per heavy atom. The topological polar surface area (TPSA) is 84.9 Å². The zero-order chi connectivity index (χ0) is 17.5. The van der Waals surface area contributed by atoms with Crippen molar-refractivity contribution in [2.24, 2.45) is 0 Å². The number of carbonyl (C=O) groups excluding carboxylic acids is 3. The van der Waals surface area contributed by atoms with Crippen molar-refractivity contribution in [1.29, 1.82) is 0 Å². The van der Waals surface area contributed by atoms with E-state index in [1.807, 2.05) is 0 Å². The number of amides is 2. The second kappa shape index (κ2) is 8.39. The van der Waals surface area contributed by atoms with Crippen LogP contribution in [0.25, 0.3) is 0 Å². The van der Waals surface area contributed by atoms with Gasteiger partial charge in [0.05, 0.1) is 30.6 Å². The van der Waals surface area contributed by atoms with Gasteiger partial charge in [-0.1, -0.05) is 17.8 Å². The van der Waals surface area contributed by atoms with Crippen LogP contribution in [0.2, 0.25) is 0 Å². The standard InChI is InChI=1S/C16H18N2O5S/c1-3-23-16(21)8-15-18(14(20)10-24-15)9-13(19)17-11-5-4-6-12(7-11)22-2/h4-8H,3,9-10H2,1-2H3,(H,17,19)/b15-8+. The van der Waals surface area contributed by atoms with Crippen LogP contribution in [-0.4, -0.2) is 48.7 Å². The number of rotatable bonds is 6. The maximum Gasteiger partial charge on any atom is 0.333 e. The summed E-state index contributed by atoms with van der Waals surface area (Å²) in [5.41, 5.74) is 0.564. The second-order valence-corrected chi connectivity index (χ2v) is 5.78. The number of ether oxygens (including phenoxy) is 2. The SMILES string of the molecule is CCOC(=O)/C=C1/SCC(=O)N1CC(=O)Nc1cccc(OC)c1. The highest BCUT2D eigenvalue weighted by molar-refractivity contribution is 8.04. The number of anilines is 1. The maximum atomic E-state index is 12.2. The van der Waals surface area contributed by atoms with E-state index in [-0.39, 0.29) is 30.7 Å². The lowest BCUT2D eigenvalue weighted by Gasteiger charge is -2.16. The van der Waals surface area contributed by atoms with Crippen molar-refractivity contribution in [2.75, 3.05) is 31.3 Å². The third kappa shape index (κ3) is 4.76. The lowest BCUT2D eigenvalue weighted by molar-refractivity contribution is -0.137. The van der Waals surface area contributed by atoms with Crippen LogP contribution in [0.4, 0.5) is 5.69 Å². The van der Waals surface area contributed by atoms with Crippen LogP contribution in [0.1, 0.15) is 6.92 Å². The van der Waals surface area contributed by atoms with Crippen molar-refractivity contribution in [3.05, 3.63) is 35.4 Å². The highest BCUT2D eigenvalue weighted by Crippen LogP contribution is 2.28.